The van der Waals surface area contributed by atoms with Crippen LogP contribution in [0, 0.1) is 6.92 Å². The Balaban J connectivity index is 1.58. The predicted octanol–water partition coefficient (Wildman–Crippen LogP) is 3.48. The van der Waals surface area contributed by atoms with E-state index in [-0.39, 0.29) is 25.0 Å². The summed E-state index contributed by atoms with van der Waals surface area (Å²) in [4.78, 5) is 30.7. The molecule has 0 fully saturated rings. The minimum Gasteiger partial charge on any atom is -0.482 e. The smallest absolute Gasteiger partial charge is 0.265 e. The van der Waals surface area contributed by atoms with Crippen molar-refractivity contribution in [3.8, 4) is 17.0 Å². The lowest BCUT2D eigenvalue weighted by atomic mass is 10.1. The van der Waals surface area contributed by atoms with Crippen LogP contribution in [0.4, 0.5) is 11.4 Å². The molecule has 3 aromatic rings. The zero-order valence-electron chi connectivity index (χ0n) is 14.6. The summed E-state index contributed by atoms with van der Waals surface area (Å²) in [6.07, 6.45) is 0. The van der Waals surface area contributed by atoms with Crippen LogP contribution >= 0.6 is 11.3 Å². The van der Waals surface area contributed by atoms with Crippen LogP contribution in [0.15, 0.2) is 53.4 Å². The van der Waals surface area contributed by atoms with Crippen molar-refractivity contribution >= 4 is 34.5 Å². The zero-order chi connectivity index (χ0) is 18.8. The average Bonchev–Trinajstić information content (AvgIpc) is 3.18. The van der Waals surface area contributed by atoms with Crippen molar-refractivity contribution < 1.29 is 14.3 Å². The monoisotopic (exact) mass is 379 g/mol. The molecular weight excluding hydrogens is 362 g/mol. The quantitative estimate of drug-likeness (QED) is 0.753. The number of ether oxygens (including phenoxy) is 1. The van der Waals surface area contributed by atoms with Gasteiger partial charge < -0.3 is 10.1 Å². The van der Waals surface area contributed by atoms with Gasteiger partial charge in [0.1, 0.15) is 12.3 Å². The summed E-state index contributed by atoms with van der Waals surface area (Å²) < 4.78 is 5.51. The number of rotatable bonds is 4. The van der Waals surface area contributed by atoms with Crippen molar-refractivity contribution in [3.63, 3.8) is 0 Å². The highest BCUT2D eigenvalue weighted by molar-refractivity contribution is 7.07. The third-order valence-electron chi connectivity index (χ3n) is 4.23. The van der Waals surface area contributed by atoms with E-state index >= 15 is 0 Å². The number of thiazole rings is 1. The van der Waals surface area contributed by atoms with Gasteiger partial charge in [-0.3, -0.25) is 14.5 Å². The number of aryl methyl sites for hydroxylation is 1. The molecule has 0 bridgehead atoms. The highest BCUT2D eigenvalue weighted by Gasteiger charge is 2.28. The Morgan fingerprint density at radius 2 is 2.19 bits per heavy atom. The van der Waals surface area contributed by atoms with Gasteiger partial charge in [-0.2, -0.15) is 0 Å². The van der Waals surface area contributed by atoms with Crippen LogP contribution in [0.5, 0.6) is 5.75 Å². The van der Waals surface area contributed by atoms with Crippen LogP contribution in [0.1, 0.15) is 5.56 Å². The number of benzene rings is 2. The summed E-state index contributed by atoms with van der Waals surface area (Å²) >= 11 is 1.50. The molecule has 0 saturated carbocycles. The summed E-state index contributed by atoms with van der Waals surface area (Å²) in [6, 6.07) is 13.1. The van der Waals surface area contributed by atoms with Crippen LogP contribution in [0.2, 0.25) is 0 Å². The number of anilines is 2. The second-order valence-electron chi connectivity index (χ2n) is 6.24. The topological polar surface area (TPSA) is 71.5 Å². The summed E-state index contributed by atoms with van der Waals surface area (Å²) in [5.74, 6) is 0.0649. The molecule has 1 aromatic heterocycles. The zero-order valence-corrected chi connectivity index (χ0v) is 15.5. The van der Waals surface area contributed by atoms with E-state index in [0.717, 1.165) is 16.8 Å². The van der Waals surface area contributed by atoms with Crippen molar-refractivity contribution in [1.82, 2.24) is 4.98 Å². The molecule has 1 aliphatic rings. The van der Waals surface area contributed by atoms with Crippen molar-refractivity contribution in [2.45, 2.75) is 6.92 Å². The number of carbonyl (C=O) groups excluding carboxylic acids is 2. The standard InChI is InChI=1S/C20H17N3O3S/c1-13-3-2-4-15(7-13)22-19(24)9-23-17-8-14(16-11-27-12-21-16)5-6-18(17)26-10-20(23)25/h2-8,11-12H,9-10H2,1H3,(H,22,24). The van der Waals surface area contributed by atoms with Gasteiger partial charge in [0.2, 0.25) is 5.91 Å². The summed E-state index contributed by atoms with van der Waals surface area (Å²) in [5.41, 5.74) is 5.79. The highest BCUT2D eigenvalue weighted by Crippen LogP contribution is 2.35. The fourth-order valence-electron chi connectivity index (χ4n) is 2.96. The number of hydrogen-bond donors (Lipinski definition) is 1. The predicted molar refractivity (Wildman–Crippen MR) is 105 cm³/mol. The largest absolute Gasteiger partial charge is 0.482 e. The molecule has 1 N–H and O–H groups in total. The molecule has 2 heterocycles. The first-order valence-electron chi connectivity index (χ1n) is 8.42. The lowest BCUT2D eigenvalue weighted by molar-refractivity contribution is -0.123. The molecule has 4 rings (SSSR count). The first-order valence-corrected chi connectivity index (χ1v) is 9.37. The molecule has 0 saturated heterocycles. The number of carbonyl (C=O) groups is 2. The van der Waals surface area contributed by atoms with Gasteiger partial charge >= 0.3 is 0 Å². The van der Waals surface area contributed by atoms with Gasteiger partial charge in [0.25, 0.3) is 5.91 Å². The first-order chi connectivity index (χ1) is 13.1. The van der Waals surface area contributed by atoms with Crippen LogP contribution in [0.3, 0.4) is 0 Å². The Morgan fingerprint density at radius 1 is 1.30 bits per heavy atom. The Morgan fingerprint density at radius 3 is 2.96 bits per heavy atom. The Labute approximate surface area is 160 Å². The fourth-order valence-corrected chi connectivity index (χ4v) is 3.52. The number of hydrogen-bond acceptors (Lipinski definition) is 5. The summed E-state index contributed by atoms with van der Waals surface area (Å²) in [5, 5.41) is 4.77. The van der Waals surface area contributed by atoms with Gasteiger partial charge in [-0.1, -0.05) is 12.1 Å². The van der Waals surface area contributed by atoms with Crippen molar-refractivity contribution in [2.75, 3.05) is 23.4 Å². The third-order valence-corrected chi connectivity index (χ3v) is 4.82. The van der Waals surface area contributed by atoms with Gasteiger partial charge in [-0.05, 0) is 42.8 Å². The maximum absolute atomic E-state index is 12.5. The van der Waals surface area contributed by atoms with E-state index in [1.807, 2.05) is 54.8 Å². The van der Waals surface area contributed by atoms with Gasteiger partial charge in [-0.15, -0.1) is 11.3 Å². The molecule has 1 aliphatic heterocycles. The first kappa shape index (κ1) is 17.2. The molecule has 6 nitrogen and oxygen atoms in total. The molecule has 0 aliphatic carbocycles. The third kappa shape index (κ3) is 3.68. The minimum absolute atomic E-state index is 0.0797. The van der Waals surface area contributed by atoms with E-state index in [9.17, 15) is 9.59 Å². The van der Waals surface area contributed by atoms with Gasteiger partial charge in [-0.25, -0.2) is 4.98 Å². The Bertz CT molecular complexity index is 1000. The van der Waals surface area contributed by atoms with Crippen molar-refractivity contribution in [2.24, 2.45) is 0 Å². The molecule has 7 heteroatoms. The number of fused-ring (bicyclic) bond motifs is 1. The normalized spacial score (nSPS) is 13.1. The molecule has 0 radical (unpaired) electrons. The number of nitrogens with zero attached hydrogens (tertiary/aromatic N) is 2. The fraction of sp³-hybridized carbons (Fsp3) is 0.150. The second kappa shape index (κ2) is 7.20. The molecule has 2 aromatic carbocycles. The van der Waals surface area contributed by atoms with Gasteiger partial charge in [0.15, 0.2) is 6.61 Å². The molecule has 0 atom stereocenters. The molecule has 136 valence electrons. The van der Waals surface area contributed by atoms with Crippen molar-refractivity contribution in [3.05, 3.63) is 58.9 Å². The van der Waals surface area contributed by atoms with E-state index in [2.05, 4.69) is 10.3 Å². The van der Waals surface area contributed by atoms with Crippen LogP contribution in [-0.4, -0.2) is 29.9 Å². The van der Waals surface area contributed by atoms with E-state index < -0.39 is 0 Å². The molecule has 0 spiro atoms. The van der Waals surface area contributed by atoms with E-state index in [1.165, 1.54) is 16.2 Å². The maximum Gasteiger partial charge on any atom is 0.265 e. The maximum atomic E-state index is 12.5. The second-order valence-corrected chi connectivity index (χ2v) is 6.96. The van der Waals surface area contributed by atoms with E-state index in [1.54, 1.807) is 5.51 Å². The average molecular weight is 379 g/mol. The number of aromatic nitrogens is 1. The molecule has 27 heavy (non-hydrogen) atoms. The Hall–Kier alpha value is -3.19. The molecule has 2 amide bonds. The SMILES string of the molecule is Cc1cccc(NC(=O)CN2C(=O)COc3ccc(-c4cscn4)cc32)c1. The highest BCUT2D eigenvalue weighted by atomic mass is 32.1. The van der Waals surface area contributed by atoms with E-state index in [4.69, 9.17) is 4.74 Å². The van der Waals surface area contributed by atoms with Gasteiger partial charge in [0.05, 0.1) is 16.9 Å². The van der Waals surface area contributed by atoms with Crippen LogP contribution in [0.25, 0.3) is 11.3 Å². The number of amides is 2. The lowest BCUT2D eigenvalue weighted by Crippen LogP contribution is -2.43. The number of nitrogens with one attached hydrogen (secondary N) is 1. The van der Waals surface area contributed by atoms with E-state index in [0.29, 0.717) is 17.1 Å². The summed E-state index contributed by atoms with van der Waals surface area (Å²) in [6.45, 7) is 1.79. The Kier molecular flexibility index (Phi) is 4.60. The summed E-state index contributed by atoms with van der Waals surface area (Å²) in [7, 11) is 0. The van der Waals surface area contributed by atoms with Crippen LogP contribution < -0.4 is 15.0 Å². The molecule has 0 unspecified atom stereocenters. The molecular formula is C20H17N3O3S. The van der Waals surface area contributed by atoms with Gasteiger partial charge in [0, 0.05) is 16.6 Å². The van der Waals surface area contributed by atoms with Crippen LogP contribution in [-0.2, 0) is 9.59 Å². The van der Waals surface area contributed by atoms with Crippen molar-refractivity contribution in [1.29, 1.82) is 0 Å². The lowest BCUT2D eigenvalue weighted by Gasteiger charge is -2.29. The minimum atomic E-state index is -0.263.